The fraction of sp³-hybridized carbons (Fsp3) is 0.526. The first-order valence-electron chi connectivity index (χ1n) is 8.59. The lowest BCUT2D eigenvalue weighted by Gasteiger charge is -2.24. The van der Waals surface area contributed by atoms with E-state index in [2.05, 4.69) is 11.9 Å². The van der Waals surface area contributed by atoms with Crippen molar-refractivity contribution >= 4 is 18.7 Å². The number of benzene rings is 1. The highest BCUT2D eigenvalue weighted by atomic mass is 16.7. The predicted octanol–water partition coefficient (Wildman–Crippen LogP) is 3.35. The molecule has 6 heteroatoms. The molecule has 1 fully saturated rings. The third-order valence-corrected chi connectivity index (χ3v) is 3.69. The van der Waals surface area contributed by atoms with Crippen LogP contribution in [0.3, 0.4) is 0 Å². The maximum atomic E-state index is 12.1. The lowest BCUT2D eigenvalue weighted by molar-refractivity contribution is 0.0504. The van der Waals surface area contributed by atoms with E-state index in [4.69, 9.17) is 14.0 Å². The van der Waals surface area contributed by atoms with Crippen LogP contribution in [0, 0.1) is 0 Å². The van der Waals surface area contributed by atoms with E-state index < -0.39 is 11.7 Å². The number of amides is 1. The summed E-state index contributed by atoms with van der Waals surface area (Å²) < 4.78 is 17.0. The Morgan fingerprint density at radius 3 is 2.76 bits per heavy atom. The fourth-order valence-electron chi connectivity index (χ4n) is 2.62. The van der Waals surface area contributed by atoms with Crippen LogP contribution in [0.5, 0.6) is 0 Å². The van der Waals surface area contributed by atoms with Crippen LogP contribution in [-0.4, -0.2) is 31.0 Å². The monoisotopic (exact) mass is 345 g/mol. The third kappa shape index (κ3) is 5.90. The van der Waals surface area contributed by atoms with Crippen molar-refractivity contribution in [3.8, 4) is 0 Å². The molecule has 0 saturated carbocycles. The maximum Gasteiger partial charge on any atom is 0.494 e. The summed E-state index contributed by atoms with van der Waals surface area (Å²) in [6.07, 6.45) is 1.93. The summed E-state index contributed by atoms with van der Waals surface area (Å²) in [6, 6.07) is 7.65. The van der Waals surface area contributed by atoms with Crippen LogP contribution < -0.4 is 10.8 Å². The molecule has 1 atom stereocenters. The van der Waals surface area contributed by atoms with E-state index in [9.17, 15) is 4.79 Å². The number of hydrogen-bond acceptors (Lipinski definition) is 4. The molecule has 25 heavy (non-hydrogen) atoms. The van der Waals surface area contributed by atoms with Crippen molar-refractivity contribution in [3.63, 3.8) is 0 Å². The maximum absolute atomic E-state index is 12.1. The minimum absolute atomic E-state index is 0.221. The number of hydrogen-bond donors (Lipinski definition) is 1. The van der Waals surface area contributed by atoms with Gasteiger partial charge in [0.1, 0.15) is 5.60 Å². The van der Waals surface area contributed by atoms with Crippen molar-refractivity contribution < 1.29 is 18.8 Å². The number of rotatable bonds is 5. The van der Waals surface area contributed by atoms with Crippen LogP contribution in [0.25, 0.3) is 0 Å². The lowest BCUT2D eigenvalue weighted by atomic mass is 9.78. The summed E-state index contributed by atoms with van der Waals surface area (Å²) in [7, 11) is -0.388. The van der Waals surface area contributed by atoms with Gasteiger partial charge in [0.25, 0.3) is 0 Å². The highest BCUT2D eigenvalue weighted by molar-refractivity contribution is 6.61. The SMILES string of the molecule is C=CC[C@H](NC(=O)OC(C)(C)C)c1cccc(B2OCC(C)(C)O2)c1. The molecule has 1 aliphatic rings. The van der Waals surface area contributed by atoms with Crippen LogP contribution in [-0.2, 0) is 14.0 Å². The molecule has 1 saturated heterocycles. The second kappa shape index (κ2) is 7.62. The van der Waals surface area contributed by atoms with Crippen molar-refractivity contribution in [2.75, 3.05) is 6.61 Å². The highest BCUT2D eigenvalue weighted by Crippen LogP contribution is 2.22. The first-order chi connectivity index (χ1) is 11.6. The molecule has 1 aromatic rings. The molecule has 1 aliphatic heterocycles. The van der Waals surface area contributed by atoms with Crippen molar-refractivity contribution in [2.24, 2.45) is 0 Å². The van der Waals surface area contributed by atoms with E-state index >= 15 is 0 Å². The molecular weight excluding hydrogens is 317 g/mol. The molecule has 1 N–H and O–H groups in total. The number of ether oxygens (including phenoxy) is 1. The van der Waals surface area contributed by atoms with E-state index in [0.29, 0.717) is 13.0 Å². The Kier molecular flexibility index (Phi) is 5.96. The minimum atomic E-state index is -0.540. The topological polar surface area (TPSA) is 56.8 Å². The van der Waals surface area contributed by atoms with Gasteiger partial charge < -0.3 is 19.4 Å². The standard InChI is InChI=1S/C19H28BNO4/c1-7-9-16(21-17(22)24-18(2,3)4)14-10-8-11-15(12-14)20-23-13-19(5,6)25-20/h7-8,10-12,16H,1,9,13H2,2-6H3,(H,21,22)/t16-/m0/s1. The first-order valence-corrected chi connectivity index (χ1v) is 8.59. The zero-order valence-corrected chi connectivity index (χ0v) is 15.8. The minimum Gasteiger partial charge on any atom is -0.444 e. The zero-order chi connectivity index (χ0) is 18.7. The van der Waals surface area contributed by atoms with Crippen molar-refractivity contribution in [1.29, 1.82) is 0 Å². The molecule has 5 nitrogen and oxygen atoms in total. The highest BCUT2D eigenvalue weighted by Gasteiger charge is 2.38. The largest absolute Gasteiger partial charge is 0.494 e. The zero-order valence-electron chi connectivity index (χ0n) is 15.8. The van der Waals surface area contributed by atoms with E-state index in [1.165, 1.54) is 0 Å². The van der Waals surface area contributed by atoms with Gasteiger partial charge in [-0.05, 0) is 52.1 Å². The van der Waals surface area contributed by atoms with E-state index in [0.717, 1.165) is 11.0 Å². The molecule has 0 aliphatic carbocycles. The Morgan fingerprint density at radius 2 is 2.20 bits per heavy atom. The van der Waals surface area contributed by atoms with Gasteiger partial charge in [0.05, 0.1) is 18.2 Å². The van der Waals surface area contributed by atoms with Crippen LogP contribution in [0.4, 0.5) is 4.79 Å². The first kappa shape index (κ1) is 19.5. The number of carbonyl (C=O) groups excluding carboxylic acids is 1. The van der Waals surface area contributed by atoms with Gasteiger partial charge in [0.2, 0.25) is 0 Å². The number of nitrogens with one attached hydrogen (secondary N) is 1. The lowest BCUT2D eigenvalue weighted by Crippen LogP contribution is -2.37. The summed E-state index contributed by atoms with van der Waals surface area (Å²) in [6.45, 7) is 13.9. The van der Waals surface area contributed by atoms with Gasteiger partial charge in [0, 0.05) is 0 Å². The summed E-state index contributed by atoms with van der Waals surface area (Å²) in [5.41, 5.74) is 1.06. The second-order valence-electron chi connectivity index (χ2n) is 7.91. The van der Waals surface area contributed by atoms with Gasteiger partial charge in [-0.2, -0.15) is 0 Å². The Balaban J connectivity index is 2.14. The molecular formula is C19H28BNO4. The molecule has 136 valence electrons. The Labute approximate surface area is 150 Å². The molecule has 0 aromatic heterocycles. The van der Waals surface area contributed by atoms with Crippen molar-refractivity contribution in [1.82, 2.24) is 5.32 Å². The molecule has 2 rings (SSSR count). The normalized spacial score (nSPS) is 17.9. The molecule has 1 heterocycles. The second-order valence-corrected chi connectivity index (χ2v) is 7.91. The van der Waals surface area contributed by atoms with Crippen molar-refractivity contribution in [3.05, 3.63) is 42.5 Å². The van der Waals surface area contributed by atoms with Gasteiger partial charge in [0.15, 0.2) is 0 Å². The summed E-state index contributed by atoms with van der Waals surface area (Å²) >= 11 is 0. The van der Waals surface area contributed by atoms with Gasteiger partial charge in [-0.1, -0.05) is 30.3 Å². The molecule has 1 aromatic carbocycles. The van der Waals surface area contributed by atoms with Gasteiger partial charge in [-0.25, -0.2) is 4.79 Å². The third-order valence-electron chi connectivity index (χ3n) is 3.69. The number of carbonyl (C=O) groups is 1. The predicted molar refractivity (Wildman–Crippen MR) is 99.9 cm³/mol. The molecule has 1 amide bonds. The van der Waals surface area contributed by atoms with Crippen molar-refractivity contribution in [2.45, 2.75) is 58.3 Å². The van der Waals surface area contributed by atoms with Gasteiger partial charge in [-0.3, -0.25) is 0 Å². The molecule has 0 radical (unpaired) electrons. The average Bonchev–Trinajstić information content (AvgIpc) is 2.85. The van der Waals surface area contributed by atoms with E-state index in [-0.39, 0.29) is 18.8 Å². The summed E-state index contributed by atoms with van der Waals surface area (Å²) in [5, 5.41) is 2.91. The van der Waals surface area contributed by atoms with Crippen LogP contribution in [0.1, 0.15) is 52.6 Å². The van der Waals surface area contributed by atoms with E-state index in [1.54, 1.807) is 6.08 Å². The summed E-state index contributed by atoms with van der Waals surface area (Å²) in [4.78, 5) is 12.1. The fourth-order valence-corrected chi connectivity index (χ4v) is 2.62. The van der Waals surface area contributed by atoms with Crippen LogP contribution >= 0.6 is 0 Å². The van der Waals surface area contributed by atoms with Gasteiger partial charge in [-0.15, -0.1) is 6.58 Å². The van der Waals surface area contributed by atoms with Crippen LogP contribution in [0.15, 0.2) is 36.9 Å². The molecule has 0 unspecified atom stereocenters. The van der Waals surface area contributed by atoms with Gasteiger partial charge >= 0.3 is 13.2 Å². The van der Waals surface area contributed by atoms with Crippen LogP contribution in [0.2, 0.25) is 0 Å². The Hall–Kier alpha value is -1.79. The Morgan fingerprint density at radius 1 is 1.48 bits per heavy atom. The molecule has 0 bridgehead atoms. The average molecular weight is 345 g/mol. The van der Waals surface area contributed by atoms with E-state index in [1.807, 2.05) is 58.9 Å². The quantitative estimate of drug-likeness (QED) is 0.657. The molecule has 0 spiro atoms. The summed E-state index contributed by atoms with van der Waals surface area (Å²) in [5.74, 6) is 0. The smallest absolute Gasteiger partial charge is 0.444 e. The Bertz CT molecular complexity index is 624. The number of alkyl carbamates (subject to hydrolysis) is 1.